The van der Waals surface area contributed by atoms with Gasteiger partial charge in [0.1, 0.15) is 5.84 Å². The van der Waals surface area contributed by atoms with Gasteiger partial charge in [0.25, 0.3) is 5.91 Å². The highest BCUT2D eigenvalue weighted by atomic mass is 19.1. The third-order valence-electron chi connectivity index (χ3n) is 6.41. The van der Waals surface area contributed by atoms with Crippen LogP contribution in [-0.4, -0.2) is 71.0 Å². The van der Waals surface area contributed by atoms with Gasteiger partial charge in [0.2, 0.25) is 0 Å². The molecule has 0 aliphatic carbocycles. The smallest absolute Gasteiger partial charge is 0.261 e. The molecule has 1 N–H and O–H groups in total. The number of aromatic nitrogens is 1. The fourth-order valence-electron chi connectivity index (χ4n) is 4.35. The molecule has 0 bridgehead atoms. The number of rotatable bonds is 2. The number of halogens is 2. The maximum absolute atomic E-state index is 15.5. The third-order valence-corrected chi connectivity index (χ3v) is 6.41. The molecule has 0 unspecified atom stereocenters. The van der Waals surface area contributed by atoms with Crippen LogP contribution in [0.5, 0.6) is 0 Å². The van der Waals surface area contributed by atoms with E-state index >= 15 is 4.39 Å². The number of aliphatic imine (C=N–C) groups is 1. The largest absolute Gasteiger partial charge is 0.327 e. The topological polar surface area (TPSA) is 60.8 Å². The van der Waals surface area contributed by atoms with Gasteiger partial charge in [-0.3, -0.25) is 9.79 Å². The van der Waals surface area contributed by atoms with Gasteiger partial charge in [-0.25, -0.2) is 13.8 Å². The average Bonchev–Trinajstić information content (AvgIpc) is 3.19. The van der Waals surface area contributed by atoms with E-state index in [1.54, 1.807) is 17.9 Å². The van der Waals surface area contributed by atoms with Crippen LogP contribution in [-0.2, 0) is 4.79 Å². The highest BCUT2D eigenvalue weighted by Crippen LogP contribution is 2.41. The molecule has 0 atom stereocenters. The van der Waals surface area contributed by atoms with Crippen molar-refractivity contribution < 1.29 is 13.6 Å². The van der Waals surface area contributed by atoms with Crippen LogP contribution >= 0.6 is 0 Å². The summed E-state index contributed by atoms with van der Waals surface area (Å²) in [5, 5.41) is 2.98. The van der Waals surface area contributed by atoms with E-state index < -0.39 is 22.9 Å². The monoisotopic (exact) mass is 403 g/mol. The summed E-state index contributed by atoms with van der Waals surface area (Å²) in [5.41, 5.74) is 0.0196. The molecule has 1 aromatic heterocycles. The summed E-state index contributed by atoms with van der Waals surface area (Å²) in [6.07, 6.45) is 0.411. The Kier molecular flexibility index (Phi) is 4.72. The van der Waals surface area contributed by atoms with Gasteiger partial charge in [0.15, 0.2) is 17.3 Å². The van der Waals surface area contributed by atoms with Crippen molar-refractivity contribution in [2.45, 2.75) is 44.8 Å². The van der Waals surface area contributed by atoms with Gasteiger partial charge in [-0.15, -0.1) is 0 Å². The minimum atomic E-state index is -1.83. The van der Waals surface area contributed by atoms with E-state index in [0.29, 0.717) is 31.2 Å². The van der Waals surface area contributed by atoms with Crippen LogP contribution in [0.2, 0.25) is 0 Å². The maximum atomic E-state index is 15.5. The van der Waals surface area contributed by atoms with E-state index in [1.807, 2.05) is 25.8 Å². The lowest BCUT2D eigenvalue weighted by Gasteiger charge is -2.41. The van der Waals surface area contributed by atoms with E-state index in [1.165, 1.54) is 6.07 Å². The first-order chi connectivity index (χ1) is 13.6. The quantitative estimate of drug-likeness (QED) is 0.825. The second kappa shape index (κ2) is 6.86. The Hall–Kier alpha value is -2.35. The molecule has 0 spiro atoms. The Bertz CT molecular complexity index is 916. The number of pyridine rings is 1. The maximum Gasteiger partial charge on any atom is 0.261 e. The fraction of sp³-hybridized carbons (Fsp3) is 0.571. The standard InChI is InChI=1S/C21H27F2N5O/c1-13-5-6-16(22)18(25-13)26-17-14-12-28(20(2,3)15(14)11-24-17)19(29)21(23)7-9-27(4)10-8-21/h5-6H,7-12H2,1-4H3,(H,24,25,26). The first-order valence-electron chi connectivity index (χ1n) is 9.99. The van der Waals surface area contributed by atoms with Crippen molar-refractivity contribution in [1.29, 1.82) is 0 Å². The number of hydrogen-bond acceptors (Lipinski definition) is 5. The zero-order chi connectivity index (χ0) is 21.0. The van der Waals surface area contributed by atoms with Crippen molar-refractivity contribution in [3.63, 3.8) is 0 Å². The molecule has 0 saturated carbocycles. The van der Waals surface area contributed by atoms with Crippen molar-refractivity contribution in [2.75, 3.05) is 38.5 Å². The fourth-order valence-corrected chi connectivity index (χ4v) is 4.35. The first-order valence-corrected chi connectivity index (χ1v) is 9.99. The number of aryl methyl sites for hydroxylation is 1. The molecule has 0 aromatic carbocycles. The lowest BCUT2D eigenvalue weighted by molar-refractivity contribution is -0.150. The SMILES string of the molecule is Cc1ccc(F)c(NC2=NCC3=C2CN(C(=O)C2(F)CCN(C)CC2)C3(C)C)n1. The van der Waals surface area contributed by atoms with E-state index in [0.717, 1.165) is 11.1 Å². The molecule has 0 radical (unpaired) electrons. The molecule has 8 heteroatoms. The van der Waals surface area contributed by atoms with Gasteiger partial charge in [-0.05, 0) is 45.5 Å². The normalized spacial score (nSPS) is 23.2. The van der Waals surface area contributed by atoms with Crippen LogP contribution in [0.3, 0.4) is 0 Å². The molecule has 4 rings (SSSR count). The van der Waals surface area contributed by atoms with Crippen molar-refractivity contribution >= 4 is 17.6 Å². The Morgan fingerprint density at radius 3 is 2.62 bits per heavy atom. The lowest BCUT2D eigenvalue weighted by atomic mass is 9.88. The summed E-state index contributed by atoms with van der Waals surface area (Å²) in [4.78, 5) is 25.6. The Morgan fingerprint density at radius 2 is 1.93 bits per heavy atom. The molecule has 1 amide bonds. The van der Waals surface area contributed by atoms with Crippen LogP contribution in [0.15, 0.2) is 28.3 Å². The van der Waals surface area contributed by atoms with Gasteiger partial charge >= 0.3 is 0 Å². The number of nitrogens with zero attached hydrogens (tertiary/aromatic N) is 4. The van der Waals surface area contributed by atoms with E-state index in [2.05, 4.69) is 15.3 Å². The number of carbonyl (C=O) groups excluding carboxylic acids is 1. The molecule has 29 heavy (non-hydrogen) atoms. The molecule has 3 aliphatic rings. The summed E-state index contributed by atoms with van der Waals surface area (Å²) >= 11 is 0. The summed E-state index contributed by atoms with van der Waals surface area (Å²) in [6.45, 7) is 7.44. The number of amidine groups is 1. The van der Waals surface area contributed by atoms with E-state index in [9.17, 15) is 9.18 Å². The van der Waals surface area contributed by atoms with Crippen LogP contribution in [0.4, 0.5) is 14.6 Å². The summed E-state index contributed by atoms with van der Waals surface area (Å²) in [7, 11) is 1.94. The number of alkyl halides is 1. The van der Waals surface area contributed by atoms with Crippen LogP contribution < -0.4 is 5.32 Å². The predicted molar refractivity (Wildman–Crippen MR) is 108 cm³/mol. The molecular weight excluding hydrogens is 376 g/mol. The number of anilines is 1. The Balaban J connectivity index is 1.56. The first kappa shape index (κ1) is 19.9. The average molecular weight is 403 g/mol. The van der Waals surface area contributed by atoms with Crippen molar-refractivity contribution in [2.24, 2.45) is 4.99 Å². The van der Waals surface area contributed by atoms with Gasteiger partial charge in [-0.1, -0.05) is 0 Å². The molecule has 1 saturated heterocycles. The number of carbonyl (C=O) groups is 1. The summed E-state index contributed by atoms with van der Waals surface area (Å²) in [6, 6.07) is 2.96. The highest BCUT2D eigenvalue weighted by molar-refractivity contribution is 6.11. The molecule has 6 nitrogen and oxygen atoms in total. The molecule has 4 heterocycles. The molecular formula is C21H27F2N5O. The number of hydrogen-bond donors (Lipinski definition) is 1. The number of piperidine rings is 1. The highest BCUT2D eigenvalue weighted by Gasteiger charge is 2.52. The van der Waals surface area contributed by atoms with Crippen LogP contribution in [0.25, 0.3) is 0 Å². The Morgan fingerprint density at radius 1 is 1.24 bits per heavy atom. The number of likely N-dealkylation sites (tertiary alicyclic amines) is 1. The molecule has 3 aliphatic heterocycles. The van der Waals surface area contributed by atoms with Gasteiger partial charge in [0, 0.05) is 37.2 Å². The number of nitrogens with one attached hydrogen (secondary N) is 1. The molecule has 1 fully saturated rings. The number of amides is 1. The van der Waals surface area contributed by atoms with Gasteiger partial charge < -0.3 is 15.1 Å². The minimum Gasteiger partial charge on any atom is -0.327 e. The lowest BCUT2D eigenvalue weighted by Crippen LogP contribution is -2.56. The van der Waals surface area contributed by atoms with Crippen molar-refractivity contribution in [3.05, 3.63) is 34.8 Å². The Labute approximate surface area is 169 Å². The minimum absolute atomic E-state index is 0.109. The second-order valence-corrected chi connectivity index (χ2v) is 8.75. The predicted octanol–water partition coefficient (Wildman–Crippen LogP) is 2.70. The third kappa shape index (κ3) is 3.33. The van der Waals surface area contributed by atoms with Crippen LogP contribution in [0, 0.1) is 12.7 Å². The zero-order valence-corrected chi connectivity index (χ0v) is 17.4. The van der Waals surface area contributed by atoms with Crippen molar-refractivity contribution in [1.82, 2.24) is 14.8 Å². The van der Waals surface area contributed by atoms with Crippen LogP contribution in [0.1, 0.15) is 32.4 Å². The van der Waals surface area contributed by atoms with E-state index in [4.69, 9.17) is 0 Å². The molecule has 1 aromatic rings. The van der Waals surface area contributed by atoms with E-state index in [-0.39, 0.29) is 25.2 Å². The van der Waals surface area contributed by atoms with Gasteiger partial charge in [-0.2, -0.15) is 0 Å². The summed E-state index contributed by atoms with van der Waals surface area (Å²) < 4.78 is 29.6. The second-order valence-electron chi connectivity index (χ2n) is 8.75. The molecule has 156 valence electrons. The van der Waals surface area contributed by atoms with Gasteiger partial charge in [0.05, 0.1) is 18.6 Å². The zero-order valence-electron chi connectivity index (χ0n) is 17.4. The summed E-state index contributed by atoms with van der Waals surface area (Å²) in [5.74, 6) is -0.301. The van der Waals surface area contributed by atoms with Crippen molar-refractivity contribution in [3.8, 4) is 0 Å².